The summed E-state index contributed by atoms with van der Waals surface area (Å²) in [7, 11) is 1.79. The molecule has 2 rings (SSSR count). The van der Waals surface area contributed by atoms with Crippen molar-refractivity contribution in [1.29, 1.82) is 0 Å². The molecule has 21 heavy (non-hydrogen) atoms. The zero-order valence-corrected chi connectivity index (χ0v) is 13.9. The molecule has 1 N–H and O–H groups in total. The fourth-order valence-electron chi connectivity index (χ4n) is 2.66. The van der Waals surface area contributed by atoms with Crippen LogP contribution in [-0.2, 0) is 11.3 Å². The van der Waals surface area contributed by atoms with Crippen LogP contribution in [0.25, 0.3) is 0 Å². The van der Waals surface area contributed by atoms with Crippen LogP contribution in [0, 0.1) is 5.92 Å². The number of aromatic nitrogens is 1. The van der Waals surface area contributed by atoms with Crippen molar-refractivity contribution in [2.24, 2.45) is 5.92 Å². The molecule has 0 amide bonds. The smallest absolute Gasteiger partial charge is 0.128 e. The minimum atomic E-state index is 0.121. The highest BCUT2D eigenvalue weighted by Gasteiger charge is 2.20. The lowest BCUT2D eigenvalue weighted by molar-refractivity contribution is 0.139. The van der Waals surface area contributed by atoms with Crippen LogP contribution >= 0.6 is 0 Å². The molecule has 4 nitrogen and oxygen atoms in total. The fraction of sp³-hybridized carbons (Fsp3) is 0.706. The van der Waals surface area contributed by atoms with Gasteiger partial charge in [0.25, 0.3) is 0 Å². The monoisotopic (exact) mass is 291 g/mol. The van der Waals surface area contributed by atoms with E-state index in [1.807, 2.05) is 0 Å². The van der Waals surface area contributed by atoms with E-state index in [-0.39, 0.29) is 5.54 Å². The van der Waals surface area contributed by atoms with Crippen molar-refractivity contribution in [1.82, 2.24) is 10.3 Å². The van der Waals surface area contributed by atoms with E-state index in [0.717, 1.165) is 37.8 Å². The highest BCUT2D eigenvalue weighted by Crippen LogP contribution is 2.22. The first-order chi connectivity index (χ1) is 9.98. The van der Waals surface area contributed by atoms with Crippen molar-refractivity contribution in [3.63, 3.8) is 0 Å². The van der Waals surface area contributed by atoms with Crippen LogP contribution < -0.4 is 10.2 Å². The van der Waals surface area contributed by atoms with Gasteiger partial charge in [-0.1, -0.05) is 6.07 Å². The summed E-state index contributed by atoms with van der Waals surface area (Å²) in [5, 5.41) is 3.49. The first-order valence-electron chi connectivity index (χ1n) is 7.93. The number of nitrogens with zero attached hydrogens (tertiary/aromatic N) is 2. The molecule has 1 aliphatic heterocycles. The molecule has 1 fully saturated rings. The van der Waals surface area contributed by atoms with Crippen molar-refractivity contribution < 1.29 is 4.74 Å². The summed E-state index contributed by atoms with van der Waals surface area (Å²) in [5.41, 5.74) is 1.23. The van der Waals surface area contributed by atoms with E-state index in [2.05, 4.69) is 49.2 Å². The van der Waals surface area contributed by atoms with E-state index >= 15 is 0 Å². The number of hydrogen-bond acceptors (Lipinski definition) is 4. The lowest BCUT2D eigenvalue weighted by Crippen LogP contribution is -2.36. The van der Waals surface area contributed by atoms with Crippen LogP contribution in [0.2, 0.25) is 0 Å². The highest BCUT2D eigenvalue weighted by atomic mass is 16.5. The molecule has 0 aliphatic carbocycles. The number of hydrogen-bond donors (Lipinski definition) is 1. The molecular formula is C17H29N3O. The Bertz CT molecular complexity index is 434. The third-order valence-electron chi connectivity index (χ3n) is 3.93. The van der Waals surface area contributed by atoms with Crippen LogP contribution in [0.5, 0.6) is 0 Å². The van der Waals surface area contributed by atoms with Crippen molar-refractivity contribution in [2.45, 2.75) is 45.7 Å². The zero-order valence-electron chi connectivity index (χ0n) is 13.9. The van der Waals surface area contributed by atoms with Gasteiger partial charge in [-0.25, -0.2) is 4.98 Å². The van der Waals surface area contributed by atoms with E-state index in [9.17, 15) is 0 Å². The largest absolute Gasteiger partial charge is 0.384 e. The van der Waals surface area contributed by atoms with E-state index in [1.165, 1.54) is 12.8 Å². The molecule has 0 radical (unpaired) electrons. The van der Waals surface area contributed by atoms with Crippen LogP contribution in [-0.4, -0.2) is 37.3 Å². The van der Waals surface area contributed by atoms with Gasteiger partial charge in [0.2, 0.25) is 0 Å². The van der Waals surface area contributed by atoms with Gasteiger partial charge in [0, 0.05) is 38.9 Å². The predicted molar refractivity (Wildman–Crippen MR) is 87.6 cm³/mol. The zero-order chi connectivity index (χ0) is 15.3. The van der Waals surface area contributed by atoms with E-state index in [1.54, 1.807) is 7.11 Å². The second kappa shape index (κ2) is 7.23. The number of anilines is 1. The molecule has 1 aliphatic rings. The van der Waals surface area contributed by atoms with Crippen molar-refractivity contribution >= 4 is 5.82 Å². The number of piperidine rings is 1. The van der Waals surface area contributed by atoms with Crippen molar-refractivity contribution in [3.8, 4) is 0 Å². The van der Waals surface area contributed by atoms with Gasteiger partial charge in [-0.2, -0.15) is 0 Å². The summed E-state index contributed by atoms with van der Waals surface area (Å²) in [6.07, 6.45) is 2.39. The van der Waals surface area contributed by atoms with E-state index in [4.69, 9.17) is 9.72 Å². The Morgan fingerprint density at radius 1 is 1.29 bits per heavy atom. The Morgan fingerprint density at radius 3 is 2.62 bits per heavy atom. The lowest BCUT2D eigenvalue weighted by Gasteiger charge is -2.32. The van der Waals surface area contributed by atoms with Gasteiger partial charge in [-0.3, -0.25) is 0 Å². The molecule has 0 bridgehead atoms. The molecule has 0 saturated carbocycles. The second-order valence-electron chi connectivity index (χ2n) is 6.98. The van der Waals surface area contributed by atoms with Gasteiger partial charge < -0.3 is 15.0 Å². The molecule has 0 atom stereocenters. The minimum Gasteiger partial charge on any atom is -0.384 e. The van der Waals surface area contributed by atoms with Gasteiger partial charge in [0.05, 0.1) is 5.69 Å². The fourth-order valence-corrected chi connectivity index (χ4v) is 2.66. The first kappa shape index (κ1) is 16.2. The summed E-state index contributed by atoms with van der Waals surface area (Å²) in [6, 6.07) is 6.33. The normalized spacial score (nSPS) is 17.2. The second-order valence-corrected chi connectivity index (χ2v) is 6.98. The molecule has 2 heterocycles. The Balaban J connectivity index is 1.92. The predicted octanol–water partition coefficient (Wildman–Crippen LogP) is 2.83. The van der Waals surface area contributed by atoms with Crippen molar-refractivity contribution in [3.05, 3.63) is 23.9 Å². The summed E-state index contributed by atoms with van der Waals surface area (Å²) in [5.74, 6) is 1.82. The molecule has 0 spiro atoms. The van der Waals surface area contributed by atoms with Gasteiger partial charge in [0.1, 0.15) is 5.82 Å². The lowest BCUT2D eigenvalue weighted by atomic mass is 9.98. The molecular weight excluding hydrogens is 262 g/mol. The van der Waals surface area contributed by atoms with E-state index in [0.29, 0.717) is 5.92 Å². The standard InChI is InChI=1S/C17H29N3O/c1-17(2,3)18-12-15-6-5-7-16(19-15)20-10-8-14(9-11-20)13-21-4/h5-7,14,18H,8-13H2,1-4H3. The third-order valence-corrected chi connectivity index (χ3v) is 3.93. The Kier molecular flexibility index (Phi) is 5.59. The summed E-state index contributed by atoms with van der Waals surface area (Å²) in [4.78, 5) is 7.20. The molecule has 0 unspecified atom stereocenters. The SMILES string of the molecule is COCC1CCN(c2cccc(CNC(C)(C)C)n2)CC1. The summed E-state index contributed by atoms with van der Waals surface area (Å²) in [6.45, 7) is 10.4. The maximum Gasteiger partial charge on any atom is 0.128 e. The molecule has 0 aromatic carbocycles. The molecule has 1 aromatic rings. The Hall–Kier alpha value is -1.13. The van der Waals surface area contributed by atoms with Crippen LogP contribution in [0.3, 0.4) is 0 Å². The molecule has 1 saturated heterocycles. The van der Waals surface area contributed by atoms with Crippen LogP contribution in [0.1, 0.15) is 39.3 Å². The van der Waals surface area contributed by atoms with Gasteiger partial charge >= 0.3 is 0 Å². The molecule has 4 heteroatoms. The minimum absolute atomic E-state index is 0.121. The topological polar surface area (TPSA) is 37.4 Å². The number of rotatable bonds is 5. The van der Waals surface area contributed by atoms with Crippen LogP contribution in [0.15, 0.2) is 18.2 Å². The number of methoxy groups -OCH3 is 1. The Labute approximate surface area is 128 Å². The number of nitrogens with one attached hydrogen (secondary N) is 1. The third kappa shape index (κ3) is 5.29. The quantitative estimate of drug-likeness (QED) is 0.905. The average molecular weight is 291 g/mol. The maximum atomic E-state index is 5.26. The van der Waals surface area contributed by atoms with Crippen LogP contribution in [0.4, 0.5) is 5.82 Å². The first-order valence-corrected chi connectivity index (χ1v) is 7.93. The number of ether oxygens (including phenoxy) is 1. The molecule has 118 valence electrons. The average Bonchev–Trinajstić information content (AvgIpc) is 2.46. The molecule has 1 aromatic heterocycles. The number of pyridine rings is 1. The van der Waals surface area contributed by atoms with Gasteiger partial charge in [-0.05, 0) is 51.7 Å². The van der Waals surface area contributed by atoms with E-state index < -0.39 is 0 Å². The van der Waals surface area contributed by atoms with Gasteiger partial charge in [-0.15, -0.1) is 0 Å². The highest BCUT2D eigenvalue weighted by molar-refractivity contribution is 5.39. The Morgan fingerprint density at radius 2 is 2.00 bits per heavy atom. The maximum absolute atomic E-state index is 5.26. The summed E-state index contributed by atoms with van der Waals surface area (Å²) >= 11 is 0. The van der Waals surface area contributed by atoms with Gasteiger partial charge in [0.15, 0.2) is 0 Å². The van der Waals surface area contributed by atoms with Crippen molar-refractivity contribution in [2.75, 3.05) is 31.7 Å². The summed E-state index contributed by atoms with van der Waals surface area (Å²) < 4.78 is 5.26.